The summed E-state index contributed by atoms with van der Waals surface area (Å²) in [5.41, 5.74) is 2.43. The first-order valence-corrected chi connectivity index (χ1v) is 10.9. The van der Waals surface area contributed by atoms with Gasteiger partial charge in [0.2, 0.25) is 0 Å². The molecule has 3 aromatic heterocycles. The minimum atomic E-state index is -0.334. The van der Waals surface area contributed by atoms with Crippen LogP contribution in [0.25, 0.3) is 33.3 Å². The number of hydrogen-bond donors (Lipinski definition) is 1. The van der Waals surface area contributed by atoms with Gasteiger partial charge in [-0.05, 0) is 54.1 Å². The van der Waals surface area contributed by atoms with Crippen LogP contribution in [-0.4, -0.2) is 35.4 Å². The number of fused-ring (bicyclic) bond motifs is 2. The maximum Gasteiger partial charge on any atom is 0.256 e. The molecular weight excluding hydrogens is 445 g/mol. The van der Waals surface area contributed by atoms with Crippen molar-refractivity contribution in [3.63, 3.8) is 0 Å². The molecule has 8 nitrogen and oxygen atoms in total. The zero-order valence-corrected chi connectivity index (χ0v) is 18.6. The molecule has 0 aliphatic rings. The molecule has 1 amide bonds. The van der Waals surface area contributed by atoms with E-state index in [-0.39, 0.29) is 11.7 Å². The van der Waals surface area contributed by atoms with E-state index >= 15 is 0 Å². The number of amides is 1. The van der Waals surface area contributed by atoms with Gasteiger partial charge in [-0.15, -0.1) is 0 Å². The van der Waals surface area contributed by atoms with Crippen molar-refractivity contribution in [3.8, 4) is 11.5 Å². The van der Waals surface area contributed by atoms with Crippen LogP contribution >= 0.6 is 0 Å². The molecule has 35 heavy (non-hydrogen) atoms. The second-order valence-corrected chi connectivity index (χ2v) is 8.07. The van der Waals surface area contributed by atoms with Gasteiger partial charge in [-0.1, -0.05) is 30.3 Å². The third kappa shape index (κ3) is 3.68. The molecule has 0 unspecified atom stereocenters. The molecule has 170 valence electrons. The molecule has 0 bridgehead atoms. The van der Waals surface area contributed by atoms with Crippen molar-refractivity contribution in [2.24, 2.45) is 0 Å². The Morgan fingerprint density at radius 3 is 2.54 bits per heavy atom. The highest BCUT2D eigenvalue weighted by molar-refractivity contribution is 6.06. The van der Waals surface area contributed by atoms with E-state index in [2.05, 4.69) is 25.5 Å². The van der Waals surface area contributed by atoms with Crippen LogP contribution in [0.15, 0.2) is 85.3 Å². The van der Waals surface area contributed by atoms with Crippen LogP contribution in [0.3, 0.4) is 0 Å². The van der Waals surface area contributed by atoms with Gasteiger partial charge in [0.05, 0.1) is 23.0 Å². The van der Waals surface area contributed by atoms with Gasteiger partial charge < -0.3 is 5.32 Å². The first-order valence-electron chi connectivity index (χ1n) is 10.9. The Balaban J connectivity index is 1.39. The van der Waals surface area contributed by atoms with E-state index < -0.39 is 0 Å². The van der Waals surface area contributed by atoms with Gasteiger partial charge in [0.1, 0.15) is 18.0 Å². The zero-order valence-electron chi connectivity index (χ0n) is 18.6. The van der Waals surface area contributed by atoms with E-state index in [4.69, 9.17) is 0 Å². The molecule has 6 aromatic rings. The van der Waals surface area contributed by atoms with E-state index in [1.54, 1.807) is 39.8 Å². The van der Waals surface area contributed by atoms with E-state index in [9.17, 15) is 9.18 Å². The van der Waals surface area contributed by atoms with Gasteiger partial charge in [-0.3, -0.25) is 4.79 Å². The number of aryl methyl sites for hydroxylation is 1. The molecule has 1 N–H and O–H groups in total. The monoisotopic (exact) mass is 463 g/mol. The maximum atomic E-state index is 13.4. The SMILES string of the molecule is Cc1cc(NC(=O)c2ccc3ccccc3c2)n(-c2ncnc3c2cnn3-c2ccc(F)cc2)n1. The van der Waals surface area contributed by atoms with Crippen LogP contribution in [0.1, 0.15) is 16.1 Å². The Labute approximate surface area is 198 Å². The number of anilines is 1. The molecule has 0 aliphatic heterocycles. The molecule has 6 rings (SSSR count). The van der Waals surface area contributed by atoms with Gasteiger partial charge in [-0.25, -0.2) is 19.0 Å². The second-order valence-electron chi connectivity index (χ2n) is 8.07. The lowest BCUT2D eigenvalue weighted by atomic mass is 10.1. The fraction of sp³-hybridized carbons (Fsp3) is 0.0385. The van der Waals surface area contributed by atoms with Crippen molar-refractivity contribution in [3.05, 3.63) is 102 Å². The summed E-state index contributed by atoms with van der Waals surface area (Å²) < 4.78 is 16.5. The van der Waals surface area contributed by atoms with Crippen LogP contribution in [0.4, 0.5) is 10.2 Å². The average molecular weight is 463 g/mol. The van der Waals surface area contributed by atoms with Gasteiger partial charge in [0.15, 0.2) is 11.5 Å². The predicted molar refractivity (Wildman–Crippen MR) is 130 cm³/mol. The summed E-state index contributed by atoms with van der Waals surface area (Å²) in [7, 11) is 0. The van der Waals surface area contributed by atoms with E-state index in [1.165, 1.54) is 18.5 Å². The summed E-state index contributed by atoms with van der Waals surface area (Å²) in [5.74, 6) is 0.337. The summed E-state index contributed by atoms with van der Waals surface area (Å²) in [4.78, 5) is 21.9. The number of carbonyl (C=O) groups is 1. The van der Waals surface area contributed by atoms with Gasteiger partial charge in [-0.2, -0.15) is 14.9 Å². The zero-order chi connectivity index (χ0) is 23.9. The Kier molecular flexibility index (Phi) is 4.81. The molecule has 3 heterocycles. The minimum absolute atomic E-state index is 0.260. The first-order chi connectivity index (χ1) is 17.1. The van der Waals surface area contributed by atoms with Crippen LogP contribution in [0, 0.1) is 12.7 Å². The lowest BCUT2D eigenvalue weighted by molar-refractivity contribution is 0.102. The molecule has 0 radical (unpaired) electrons. The number of nitrogens with zero attached hydrogens (tertiary/aromatic N) is 6. The lowest BCUT2D eigenvalue weighted by Gasteiger charge is -2.10. The molecule has 3 aromatic carbocycles. The fourth-order valence-corrected chi connectivity index (χ4v) is 4.04. The van der Waals surface area contributed by atoms with Gasteiger partial charge in [0.25, 0.3) is 5.91 Å². The van der Waals surface area contributed by atoms with Crippen LogP contribution in [-0.2, 0) is 0 Å². The van der Waals surface area contributed by atoms with Crippen molar-refractivity contribution in [1.82, 2.24) is 29.5 Å². The molecule has 0 spiro atoms. The summed E-state index contributed by atoms with van der Waals surface area (Å²) in [6.07, 6.45) is 3.03. The third-order valence-corrected chi connectivity index (χ3v) is 5.70. The molecule has 0 fully saturated rings. The van der Waals surface area contributed by atoms with Crippen molar-refractivity contribution in [2.45, 2.75) is 6.92 Å². The third-order valence-electron chi connectivity index (χ3n) is 5.70. The van der Waals surface area contributed by atoms with Gasteiger partial charge in [0, 0.05) is 11.6 Å². The number of hydrogen-bond acceptors (Lipinski definition) is 5. The smallest absolute Gasteiger partial charge is 0.256 e. The number of halogens is 1. The van der Waals surface area contributed by atoms with Crippen molar-refractivity contribution >= 4 is 33.5 Å². The number of carbonyl (C=O) groups excluding carboxylic acids is 1. The van der Waals surface area contributed by atoms with E-state index in [0.717, 1.165) is 10.8 Å². The van der Waals surface area contributed by atoms with Gasteiger partial charge >= 0.3 is 0 Å². The van der Waals surface area contributed by atoms with Crippen LogP contribution in [0.5, 0.6) is 0 Å². The Morgan fingerprint density at radius 2 is 1.71 bits per heavy atom. The van der Waals surface area contributed by atoms with Crippen LogP contribution in [0.2, 0.25) is 0 Å². The normalized spacial score (nSPS) is 11.3. The number of aromatic nitrogens is 6. The van der Waals surface area contributed by atoms with Crippen LogP contribution < -0.4 is 5.32 Å². The summed E-state index contributed by atoms with van der Waals surface area (Å²) in [6, 6.07) is 21.2. The molecule has 9 heteroatoms. The van der Waals surface area contributed by atoms with E-state index in [0.29, 0.717) is 39.6 Å². The largest absolute Gasteiger partial charge is 0.306 e. The Morgan fingerprint density at radius 1 is 0.914 bits per heavy atom. The molecule has 0 saturated heterocycles. The standard InChI is InChI=1S/C26H18FN7O/c1-16-12-23(31-26(35)19-7-6-17-4-2-3-5-18(17)13-19)34(32-16)25-22-14-30-33(24(22)28-15-29-25)21-10-8-20(27)9-11-21/h2-15H,1H3,(H,31,35). The average Bonchev–Trinajstić information content (AvgIpc) is 3.47. The summed E-state index contributed by atoms with van der Waals surface area (Å²) >= 11 is 0. The topological polar surface area (TPSA) is 90.5 Å². The molecule has 0 atom stereocenters. The Bertz CT molecular complexity index is 1720. The van der Waals surface area contributed by atoms with Crippen molar-refractivity contribution < 1.29 is 9.18 Å². The highest BCUT2D eigenvalue weighted by atomic mass is 19.1. The predicted octanol–water partition coefficient (Wildman–Crippen LogP) is 4.85. The highest BCUT2D eigenvalue weighted by Gasteiger charge is 2.18. The number of nitrogens with one attached hydrogen (secondary N) is 1. The van der Waals surface area contributed by atoms with Crippen molar-refractivity contribution in [1.29, 1.82) is 0 Å². The minimum Gasteiger partial charge on any atom is -0.306 e. The second kappa shape index (κ2) is 8.14. The number of rotatable bonds is 4. The summed E-state index contributed by atoms with van der Waals surface area (Å²) in [6.45, 7) is 1.84. The Hall–Kier alpha value is -4.92. The molecular formula is C26H18FN7O. The fourth-order valence-electron chi connectivity index (χ4n) is 4.04. The molecule has 0 aliphatic carbocycles. The molecule has 0 saturated carbocycles. The summed E-state index contributed by atoms with van der Waals surface area (Å²) in [5, 5.41) is 14.6. The highest BCUT2D eigenvalue weighted by Crippen LogP contribution is 2.25. The first kappa shape index (κ1) is 20.7. The quantitative estimate of drug-likeness (QED) is 0.403. The maximum absolute atomic E-state index is 13.4. The lowest BCUT2D eigenvalue weighted by Crippen LogP contribution is -2.15. The van der Waals surface area contributed by atoms with E-state index in [1.807, 2.05) is 43.3 Å². The number of benzene rings is 3. The van der Waals surface area contributed by atoms with Crippen molar-refractivity contribution in [2.75, 3.05) is 5.32 Å².